The van der Waals surface area contributed by atoms with Crippen molar-refractivity contribution in [2.45, 2.75) is 46.1 Å². The zero-order valence-corrected chi connectivity index (χ0v) is 13.0. The van der Waals surface area contributed by atoms with Crippen LogP contribution in [-0.4, -0.2) is 23.4 Å². The Morgan fingerprint density at radius 3 is 2.70 bits per heavy atom. The van der Waals surface area contributed by atoms with Crippen LogP contribution >= 0.6 is 0 Å². The molecule has 0 aromatic heterocycles. The van der Waals surface area contributed by atoms with Crippen molar-refractivity contribution in [1.29, 1.82) is 0 Å². The molecule has 1 nitrogen and oxygen atoms in total. The summed E-state index contributed by atoms with van der Waals surface area (Å²) in [5, 5.41) is 0. The topological polar surface area (TPSA) is 3.01 Å². The minimum atomic E-state index is 0.601. The summed E-state index contributed by atoms with van der Waals surface area (Å²) < 4.78 is 2.67. The number of hydrogen-bond acceptors (Lipinski definition) is 0. The van der Waals surface area contributed by atoms with Crippen molar-refractivity contribution in [2.75, 3.05) is 6.54 Å². The van der Waals surface area contributed by atoms with Crippen LogP contribution in [0.1, 0.15) is 44.7 Å². The van der Waals surface area contributed by atoms with E-state index in [1.165, 1.54) is 36.9 Å². The fraction of sp³-hybridized carbons (Fsp3) is 0.632. The monoisotopic (exact) mass is 268 g/mol. The highest BCUT2D eigenvalue weighted by molar-refractivity contribution is 5.78. The molecule has 0 radical (unpaired) electrons. The van der Waals surface area contributed by atoms with Crippen LogP contribution in [-0.2, 0) is 6.42 Å². The second-order valence-corrected chi connectivity index (χ2v) is 7.84. The first kappa shape index (κ1) is 12.6. The zero-order valence-electron chi connectivity index (χ0n) is 13.0. The number of rotatable bonds is 1. The van der Waals surface area contributed by atoms with Gasteiger partial charge >= 0.3 is 0 Å². The minimum Gasteiger partial charge on any atom is -0.232 e. The van der Waals surface area contributed by atoms with Crippen molar-refractivity contribution in [1.82, 2.24) is 0 Å². The molecule has 1 aliphatic heterocycles. The quantitative estimate of drug-likeness (QED) is 0.683. The molecular formula is C19H26N+. The molecule has 1 heteroatoms. The molecule has 1 aromatic rings. The Balaban J connectivity index is 1.63. The molecule has 0 unspecified atom stereocenters. The highest BCUT2D eigenvalue weighted by atomic mass is 15.1. The highest BCUT2D eigenvalue weighted by Gasteiger charge is 2.59. The normalized spacial score (nSPS) is 37.6. The van der Waals surface area contributed by atoms with Crippen molar-refractivity contribution in [3.63, 3.8) is 0 Å². The second kappa shape index (κ2) is 4.19. The molecule has 1 heterocycles. The highest BCUT2D eigenvalue weighted by Crippen LogP contribution is 2.61. The van der Waals surface area contributed by atoms with Crippen molar-refractivity contribution < 1.29 is 4.58 Å². The van der Waals surface area contributed by atoms with Crippen molar-refractivity contribution in [3.8, 4) is 0 Å². The standard InChI is InChI=1S/C19H26N/c1-13-17-10-16(19(17,2)3)11-18(13)20-9-8-14-6-4-5-7-15(14)12-20/h4-7,12-13,16-18H,8-11H2,1-3H3/q+1/t13-,16+,17-,18-/m1/s1. The molecule has 3 aliphatic carbocycles. The van der Waals surface area contributed by atoms with Gasteiger partial charge in [-0.2, -0.15) is 0 Å². The van der Waals surface area contributed by atoms with E-state index >= 15 is 0 Å². The maximum Gasteiger partial charge on any atom is 0.171 e. The molecule has 20 heavy (non-hydrogen) atoms. The van der Waals surface area contributed by atoms with Crippen LogP contribution in [0.4, 0.5) is 0 Å². The lowest BCUT2D eigenvalue weighted by Gasteiger charge is -2.60. The molecular weight excluding hydrogens is 242 g/mol. The molecule has 3 saturated carbocycles. The molecule has 106 valence electrons. The van der Waals surface area contributed by atoms with E-state index in [0.29, 0.717) is 5.41 Å². The van der Waals surface area contributed by atoms with Gasteiger partial charge in [0, 0.05) is 24.3 Å². The molecule has 4 aliphatic rings. The first-order valence-electron chi connectivity index (χ1n) is 8.26. The first-order chi connectivity index (χ1) is 9.57. The molecule has 0 amide bonds. The summed E-state index contributed by atoms with van der Waals surface area (Å²) in [5.74, 6) is 2.74. The smallest absolute Gasteiger partial charge is 0.171 e. The predicted molar refractivity (Wildman–Crippen MR) is 83.4 cm³/mol. The second-order valence-electron chi connectivity index (χ2n) is 7.84. The first-order valence-corrected chi connectivity index (χ1v) is 8.26. The van der Waals surface area contributed by atoms with Crippen LogP contribution in [0, 0.1) is 23.2 Å². The van der Waals surface area contributed by atoms with Crippen molar-refractivity contribution in [2.24, 2.45) is 23.2 Å². The Morgan fingerprint density at radius 1 is 1.15 bits per heavy atom. The molecule has 4 atom stereocenters. The van der Waals surface area contributed by atoms with Gasteiger partial charge in [0.25, 0.3) is 0 Å². The van der Waals surface area contributed by atoms with E-state index in [1.54, 1.807) is 0 Å². The van der Waals surface area contributed by atoms with E-state index in [1.807, 2.05) is 0 Å². The van der Waals surface area contributed by atoms with E-state index in [0.717, 1.165) is 23.8 Å². The van der Waals surface area contributed by atoms with Crippen molar-refractivity contribution >= 4 is 6.21 Å². The maximum absolute atomic E-state index is 2.67. The van der Waals surface area contributed by atoms with Crippen LogP contribution in [0.2, 0.25) is 0 Å². The van der Waals surface area contributed by atoms with Crippen LogP contribution in [0.3, 0.4) is 0 Å². The Bertz CT molecular complexity index is 569. The van der Waals surface area contributed by atoms with Gasteiger partial charge in [-0.3, -0.25) is 0 Å². The third kappa shape index (κ3) is 1.65. The van der Waals surface area contributed by atoms with Gasteiger partial charge in [0.15, 0.2) is 12.3 Å². The maximum atomic E-state index is 2.67. The Labute approximate surface area is 122 Å². The minimum absolute atomic E-state index is 0.601. The van der Waals surface area contributed by atoms with Gasteiger partial charge in [0.2, 0.25) is 0 Å². The SMILES string of the molecule is C[C@H]1[C@H]([N+]2=Cc3ccccc3CC2)C[C@@H]2C[C@H]1C2(C)C. The van der Waals surface area contributed by atoms with Gasteiger partial charge in [-0.1, -0.05) is 39.0 Å². The number of fused-ring (bicyclic) bond motifs is 3. The van der Waals surface area contributed by atoms with Gasteiger partial charge in [-0.15, -0.1) is 0 Å². The fourth-order valence-corrected chi connectivity index (χ4v) is 5.20. The molecule has 0 saturated heterocycles. The van der Waals surface area contributed by atoms with Crippen LogP contribution in [0.15, 0.2) is 24.3 Å². The lowest BCUT2D eigenvalue weighted by Crippen LogP contribution is -2.59. The summed E-state index contributed by atoms with van der Waals surface area (Å²) in [6.45, 7) is 8.70. The summed E-state index contributed by atoms with van der Waals surface area (Å²) in [6, 6.07) is 9.68. The summed E-state index contributed by atoms with van der Waals surface area (Å²) in [7, 11) is 0. The van der Waals surface area contributed by atoms with E-state index in [4.69, 9.17) is 0 Å². The zero-order chi connectivity index (χ0) is 13.9. The molecule has 5 rings (SSSR count). The summed E-state index contributed by atoms with van der Waals surface area (Å²) in [4.78, 5) is 0. The number of benzene rings is 1. The van der Waals surface area contributed by atoms with Crippen LogP contribution < -0.4 is 0 Å². The summed E-state index contributed by atoms with van der Waals surface area (Å²) in [5.41, 5.74) is 3.58. The molecule has 1 aromatic carbocycles. The van der Waals surface area contributed by atoms with Crippen molar-refractivity contribution in [3.05, 3.63) is 35.4 Å². The van der Waals surface area contributed by atoms with Crippen LogP contribution in [0.25, 0.3) is 0 Å². The molecule has 0 spiro atoms. The third-order valence-electron chi connectivity index (χ3n) is 6.74. The van der Waals surface area contributed by atoms with Gasteiger partial charge < -0.3 is 0 Å². The molecule has 0 N–H and O–H groups in total. The lowest BCUT2D eigenvalue weighted by atomic mass is 9.44. The Morgan fingerprint density at radius 2 is 1.95 bits per heavy atom. The fourth-order valence-electron chi connectivity index (χ4n) is 5.20. The third-order valence-corrected chi connectivity index (χ3v) is 6.74. The number of nitrogens with zero attached hydrogens (tertiary/aromatic N) is 1. The van der Waals surface area contributed by atoms with Gasteiger partial charge in [0.05, 0.1) is 0 Å². The van der Waals surface area contributed by atoms with E-state index in [9.17, 15) is 0 Å². The van der Waals surface area contributed by atoms with Gasteiger partial charge in [-0.25, -0.2) is 4.58 Å². The van der Waals surface area contributed by atoms with E-state index < -0.39 is 0 Å². The van der Waals surface area contributed by atoms with Crippen LogP contribution in [0.5, 0.6) is 0 Å². The Kier molecular flexibility index (Phi) is 2.64. The summed E-state index contributed by atoms with van der Waals surface area (Å²) in [6.07, 6.45) is 6.55. The van der Waals surface area contributed by atoms with E-state index in [-0.39, 0.29) is 0 Å². The number of hydrogen-bond donors (Lipinski definition) is 0. The van der Waals surface area contributed by atoms with E-state index in [2.05, 4.69) is 55.8 Å². The molecule has 3 fully saturated rings. The average Bonchev–Trinajstić information content (AvgIpc) is 2.46. The Hall–Kier alpha value is -1.11. The van der Waals surface area contributed by atoms with Gasteiger partial charge in [0.1, 0.15) is 6.54 Å². The summed E-state index contributed by atoms with van der Waals surface area (Å²) >= 11 is 0. The lowest BCUT2D eigenvalue weighted by molar-refractivity contribution is -0.584. The van der Waals surface area contributed by atoms with Gasteiger partial charge in [-0.05, 0) is 35.3 Å². The average molecular weight is 268 g/mol. The largest absolute Gasteiger partial charge is 0.232 e. The predicted octanol–water partition coefficient (Wildman–Crippen LogP) is 3.74. The molecule has 2 bridgehead atoms.